The number of ketones is 1. The SMILES string of the molecule is O=C1CCC2C1CC[C@@H]2/C(O)=C\CC1CCCCC1. The van der Waals surface area contributed by atoms with Gasteiger partial charge in [0, 0.05) is 18.3 Å². The van der Waals surface area contributed by atoms with Gasteiger partial charge in [-0.2, -0.15) is 0 Å². The molecule has 3 rings (SSSR count). The van der Waals surface area contributed by atoms with Crippen molar-refractivity contribution in [1.82, 2.24) is 0 Å². The molecule has 3 aliphatic carbocycles. The van der Waals surface area contributed by atoms with Gasteiger partial charge in [-0.25, -0.2) is 0 Å². The highest BCUT2D eigenvalue weighted by molar-refractivity contribution is 5.83. The molecule has 0 aliphatic heterocycles. The van der Waals surface area contributed by atoms with E-state index < -0.39 is 0 Å². The fourth-order valence-electron chi connectivity index (χ4n) is 4.59. The summed E-state index contributed by atoms with van der Waals surface area (Å²) in [6, 6.07) is 0. The maximum absolute atomic E-state index is 11.7. The van der Waals surface area contributed by atoms with E-state index in [1.807, 2.05) is 0 Å². The molecule has 2 heteroatoms. The van der Waals surface area contributed by atoms with Gasteiger partial charge in [-0.1, -0.05) is 32.1 Å². The first-order valence-electron chi connectivity index (χ1n) is 8.17. The summed E-state index contributed by atoms with van der Waals surface area (Å²) in [4.78, 5) is 11.7. The fourth-order valence-corrected chi connectivity index (χ4v) is 4.59. The Labute approximate surface area is 116 Å². The second-order valence-corrected chi connectivity index (χ2v) is 6.83. The monoisotopic (exact) mass is 262 g/mol. The molecular weight excluding hydrogens is 236 g/mol. The van der Waals surface area contributed by atoms with Crippen LogP contribution in [0.25, 0.3) is 0 Å². The summed E-state index contributed by atoms with van der Waals surface area (Å²) >= 11 is 0. The van der Waals surface area contributed by atoms with Crippen LogP contribution in [-0.4, -0.2) is 10.9 Å². The molecule has 19 heavy (non-hydrogen) atoms. The second kappa shape index (κ2) is 5.68. The van der Waals surface area contributed by atoms with Crippen LogP contribution >= 0.6 is 0 Å². The van der Waals surface area contributed by atoms with Crippen molar-refractivity contribution in [3.8, 4) is 0 Å². The Morgan fingerprint density at radius 1 is 1.11 bits per heavy atom. The van der Waals surface area contributed by atoms with E-state index in [9.17, 15) is 9.90 Å². The van der Waals surface area contributed by atoms with E-state index in [0.29, 0.717) is 23.4 Å². The summed E-state index contributed by atoms with van der Waals surface area (Å²) in [5.41, 5.74) is 0. The Balaban J connectivity index is 1.57. The highest BCUT2D eigenvalue weighted by Crippen LogP contribution is 2.48. The molecule has 0 saturated heterocycles. The molecule has 0 aromatic rings. The molecule has 2 nitrogen and oxygen atoms in total. The number of allylic oxidation sites excluding steroid dienone is 2. The number of hydrogen-bond acceptors (Lipinski definition) is 2. The van der Waals surface area contributed by atoms with E-state index >= 15 is 0 Å². The Morgan fingerprint density at radius 2 is 1.89 bits per heavy atom. The van der Waals surface area contributed by atoms with Crippen molar-refractivity contribution in [2.45, 2.75) is 64.2 Å². The summed E-state index contributed by atoms with van der Waals surface area (Å²) in [5, 5.41) is 10.4. The average molecular weight is 262 g/mol. The summed E-state index contributed by atoms with van der Waals surface area (Å²) in [6.07, 6.45) is 13.7. The molecule has 3 aliphatic rings. The van der Waals surface area contributed by atoms with Gasteiger partial charge in [0.1, 0.15) is 5.78 Å². The summed E-state index contributed by atoms with van der Waals surface area (Å²) < 4.78 is 0. The molecule has 106 valence electrons. The number of aliphatic hydroxyl groups excluding tert-OH is 1. The first kappa shape index (κ1) is 13.2. The van der Waals surface area contributed by atoms with E-state index in [2.05, 4.69) is 6.08 Å². The van der Waals surface area contributed by atoms with Gasteiger partial charge in [-0.15, -0.1) is 0 Å². The number of carbonyl (C=O) groups excluding carboxylic acids is 1. The van der Waals surface area contributed by atoms with Crippen molar-refractivity contribution in [3.05, 3.63) is 11.8 Å². The normalized spacial score (nSPS) is 36.7. The lowest BCUT2D eigenvalue weighted by molar-refractivity contribution is -0.120. The van der Waals surface area contributed by atoms with Gasteiger partial charge < -0.3 is 5.11 Å². The zero-order valence-corrected chi connectivity index (χ0v) is 11.8. The number of Topliss-reactive ketones (excluding diaryl/α,β-unsaturated/α-hetero) is 1. The Morgan fingerprint density at radius 3 is 2.68 bits per heavy atom. The van der Waals surface area contributed by atoms with Gasteiger partial charge in [-0.3, -0.25) is 4.79 Å². The van der Waals surface area contributed by atoms with E-state index in [0.717, 1.165) is 38.0 Å². The molecule has 0 spiro atoms. The Bertz CT molecular complexity index is 365. The largest absolute Gasteiger partial charge is 0.512 e. The van der Waals surface area contributed by atoms with Crippen LogP contribution in [0.2, 0.25) is 0 Å². The summed E-state index contributed by atoms with van der Waals surface area (Å²) in [6.45, 7) is 0. The Kier molecular flexibility index (Phi) is 3.95. The minimum Gasteiger partial charge on any atom is -0.512 e. The van der Waals surface area contributed by atoms with Gasteiger partial charge in [-0.05, 0) is 43.6 Å². The van der Waals surface area contributed by atoms with Crippen LogP contribution in [0, 0.1) is 23.7 Å². The highest BCUT2D eigenvalue weighted by atomic mass is 16.3. The summed E-state index contributed by atoms with van der Waals surface area (Å²) in [7, 11) is 0. The van der Waals surface area contributed by atoms with Crippen molar-refractivity contribution < 1.29 is 9.90 Å². The fraction of sp³-hybridized carbons (Fsp3) is 0.824. The topological polar surface area (TPSA) is 37.3 Å². The van der Waals surface area contributed by atoms with Crippen LogP contribution in [-0.2, 0) is 4.79 Å². The van der Waals surface area contributed by atoms with Crippen molar-refractivity contribution in [2.24, 2.45) is 23.7 Å². The lowest BCUT2D eigenvalue weighted by Crippen LogP contribution is -2.14. The minimum absolute atomic E-state index is 0.273. The zero-order valence-electron chi connectivity index (χ0n) is 11.8. The van der Waals surface area contributed by atoms with Gasteiger partial charge in [0.25, 0.3) is 0 Å². The summed E-state index contributed by atoms with van der Waals surface area (Å²) in [5.74, 6) is 2.86. The molecule has 3 atom stereocenters. The number of aliphatic hydroxyl groups is 1. The maximum atomic E-state index is 11.7. The quantitative estimate of drug-likeness (QED) is 0.765. The van der Waals surface area contributed by atoms with Gasteiger partial charge in [0.2, 0.25) is 0 Å². The molecule has 1 N–H and O–H groups in total. The van der Waals surface area contributed by atoms with E-state index in [-0.39, 0.29) is 5.92 Å². The number of fused-ring (bicyclic) bond motifs is 1. The molecule has 0 amide bonds. The standard InChI is InChI=1S/C17H26O2/c18-16(10-6-12-4-2-1-3-5-12)14-7-8-15-13(14)9-11-17(15)19/h10,12-15,18H,1-9,11H2/b16-10+/t13?,14-,15?/m0/s1. The van der Waals surface area contributed by atoms with Crippen LogP contribution in [0.15, 0.2) is 11.8 Å². The van der Waals surface area contributed by atoms with Crippen molar-refractivity contribution in [2.75, 3.05) is 0 Å². The lowest BCUT2D eigenvalue weighted by Gasteiger charge is -2.21. The number of hydrogen-bond donors (Lipinski definition) is 1. The highest BCUT2D eigenvalue weighted by Gasteiger charge is 2.45. The second-order valence-electron chi connectivity index (χ2n) is 6.83. The van der Waals surface area contributed by atoms with Crippen LogP contribution in [0.3, 0.4) is 0 Å². The van der Waals surface area contributed by atoms with Crippen LogP contribution < -0.4 is 0 Å². The minimum atomic E-state index is 0.273. The molecule has 0 aromatic heterocycles. The maximum Gasteiger partial charge on any atom is 0.136 e. The third-order valence-corrected chi connectivity index (χ3v) is 5.72. The van der Waals surface area contributed by atoms with E-state index in [4.69, 9.17) is 0 Å². The molecule has 0 aromatic carbocycles. The predicted molar refractivity (Wildman–Crippen MR) is 75.8 cm³/mol. The van der Waals surface area contributed by atoms with Crippen molar-refractivity contribution >= 4 is 5.78 Å². The first-order valence-corrected chi connectivity index (χ1v) is 8.17. The number of rotatable bonds is 3. The lowest BCUT2D eigenvalue weighted by atomic mass is 9.85. The molecule has 3 fully saturated rings. The third-order valence-electron chi connectivity index (χ3n) is 5.72. The average Bonchev–Trinajstić information content (AvgIpc) is 3.01. The molecule has 3 saturated carbocycles. The first-order chi connectivity index (χ1) is 9.25. The van der Waals surface area contributed by atoms with Gasteiger partial charge in [0.15, 0.2) is 0 Å². The molecule has 0 bridgehead atoms. The van der Waals surface area contributed by atoms with Gasteiger partial charge in [0.05, 0.1) is 5.76 Å². The predicted octanol–water partition coefficient (Wildman–Crippen LogP) is 4.40. The third kappa shape index (κ3) is 2.73. The molecule has 0 heterocycles. The molecular formula is C17H26O2. The van der Waals surface area contributed by atoms with Gasteiger partial charge >= 0.3 is 0 Å². The van der Waals surface area contributed by atoms with E-state index in [1.54, 1.807) is 0 Å². The zero-order chi connectivity index (χ0) is 13.2. The molecule has 0 radical (unpaired) electrons. The smallest absolute Gasteiger partial charge is 0.136 e. The van der Waals surface area contributed by atoms with Crippen LogP contribution in [0.1, 0.15) is 64.2 Å². The van der Waals surface area contributed by atoms with E-state index in [1.165, 1.54) is 32.1 Å². The van der Waals surface area contributed by atoms with Crippen molar-refractivity contribution in [1.29, 1.82) is 0 Å². The Hall–Kier alpha value is -0.790. The van der Waals surface area contributed by atoms with Crippen LogP contribution in [0.5, 0.6) is 0 Å². The number of carbonyl (C=O) groups is 1. The molecule has 2 unspecified atom stereocenters. The van der Waals surface area contributed by atoms with Crippen molar-refractivity contribution in [3.63, 3.8) is 0 Å². The van der Waals surface area contributed by atoms with Crippen LogP contribution in [0.4, 0.5) is 0 Å².